The number of carbonyl (C=O) groups excluding carboxylic acids is 1. The number of fused-ring (bicyclic) bond motifs is 1. The molecule has 3 rings (SSSR count). The third-order valence-corrected chi connectivity index (χ3v) is 4.95. The lowest BCUT2D eigenvalue weighted by atomic mass is 9.97. The fourth-order valence-electron chi connectivity index (χ4n) is 3.30. The van der Waals surface area contributed by atoms with Gasteiger partial charge in [0, 0.05) is 6.07 Å². The number of benzene rings is 2. The van der Waals surface area contributed by atoms with E-state index in [1.165, 1.54) is 7.11 Å². The molecule has 9 nitrogen and oxygen atoms in total. The van der Waals surface area contributed by atoms with Crippen molar-refractivity contribution in [2.45, 2.75) is 32.7 Å². The minimum atomic E-state index is -0.742. The monoisotopic (exact) mass is 453 g/mol. The number of hydrogen-bond acceptors (Lipinski definition) is 8. The van der Waals surface area contributed by atoms with Gasteiger partial charge in [0.05, 0.1) is 36.4 Å². The highest BCUT2D eigenvalue weighted by Gasteiger charge is 2.33. The van der Waals surface area contributed by atoms with Crippen LogP contribution in [0.4, 0.5) is 5.69 Å². The van der Waals surface area contributed by atoms with E-state index in [1.54, 1.807) is 44.2 Å². The standard InChI is InChI=1S/C24H23NO8/c1-24(2)9-8-18-20(25(29)30)12-19(22(31-3)23(18)33-24)21(28)5-4-10-32-17-7-6-15(13-26)16(11-17)14-27/h6-9,11-12,26-27H,10,13-14H2,1-3H3. The molecule has 2 aromatic rings. The van der Waals surface area contributed by atoms with E-state index in [-0.39, 0.29) is 48.1 Å². The van der Waals surface area contributed by atoms with Crippen LogP contribution in [-0.4, -0.2) is 40.2 Å². The molecule has 1 heterocycles. The third kappa shape index (κ3) is 5.14. The van der Waals surface area contributed by atoms with Crippen LogP contribution < -0.4 is 14.2 Å². The SMILES string of the molecule is COc1c(C(=O)C#CCOc2ccc(CO)c(CO)c2)cc([N+](=O)[O-])c2c1OC(C)(C)C=C2. The highest BCUT2D eigenvalue weighted by atomic mass is 16.6. The first-order chi connectivity index (χ1) is 15.7. The van der Waals surface area contributed by atoms with Crippen molar-refractivity contribution < 1.29 is 34.1 Å². The van der Waals surface area contributed by atoms with Gasteiger partial charge >= 0.3 is 0 Å². The summed E-state index contributed by atoms with van der Waals surface area (Å²) in [7, 11) is 1.35. The molecule has 0 aromatic heterocycles. The third-order valence-electron chi connectivity index (χ3n) is 4.95. The number of carbonyl (C=O) groups is 1. The molecule has 172 valence electrons. The van der Waals surface area contributed by atoms with Crippen LogP contribution in [0.3, 0.4) is 0 Å². The molecule has 0 radical (unpaired) electrons. The Morgan fingerprint density at radius 3 is 2.58 bits per heavy atom. The fraction of sp³-hybridized carbons (Fsp3) is 0.292. The van der Waals surface area contributed by atoms with Crippen LogP contribution in [-0.2, 0) is 13.2 Å². The molecule has 0 saturated carbocycles. The van der Waals surface area contributed by atoms with Crippen molar-refractivity contribution in [3.63, 3.8) is 0 Å². The summed E-state index contributed by atoms with van der Waals surface area (Å²) in [4.78, 5) is 23.8. The van der Waals surface area contributed by atoms with Crippen LogP contribution in [0.15, 0.2) is 30.3 Å². The minimum absolute atomic E-state index is 0.0698. The Morgan fingerprint density at radius 2 is 1.94 bits per heavy atom. The second-order valence-corrected chi connectivity index (χ2v) is 7.68. The van der Waals surface area contributed by atoms with Gasteiger partial charge in [-0.3, -0.25) is 14.9 Å². The van der Waals surface area contributed by atoms with Crippen LogP contribution in [0.5, 0.6) is 17.2 Å². The number of rotatable bonds is 7. The Morgan fingerprint density at radius 1 is 1.21 bits per heavy atom. The molecular formula is C24H23NO8. The molecule has 0 amide bonds. The molecule has 0 aliphatic carbocycles. The quantitative estimate of drug-likeness (QED) is 0.215. The molecule has 0 bridgehead atoms. The summed E-state index contributed by atoms with van der Waals surface area (Å²) in [5, 5.41) is 30.2. The molecule has 0 spiro atoms. The number of ether oxygens (including phenoxy) is 3. The zero-order valence-electron chi connectivity index (χ0n) is 18.4. The van der Waals surface area contributed by atoms with Crippen molar-refractivity contribution in [3.05, 3.63) is 62.7 Å². The molecule has 2 N–H and O–H groups in total. The van der Waals surface area contributed by atoms with Gasteiger partial charge in [0.15, 0.2) is 11.5 Å². The van der Waals surface area contributed by atoms with Gasteiger partial charge in [-0.15, -0.1) is 0 Å². The number of aliphatic hydroxyl groups excluding tert-OH is 2. The number of nitro benzene ring substituents is 1. The molecule has 1 aliphatic heterocycles. The van der Waals surface area contributed by atoms with Crippen molar-refractivity contribution in [2.75, 3.05) is 13.7 Å². The van der Waals surface area contributed by atoms with Crippen molar-refractivity contribution >= 4 is 17.5 Å². The molecule has 0 saturated heterocycles. The van der Waals surface area contributed by atoms with E-state index in [0.717, 1.165) is 6.07 Å². The largest absolute Gasteiger partial charge is 0.492 e. The lowest BCUT2D eigenvalue weighted by molar-refractivity contribution is -0.385. The number of ketones is 1. The van der Waals surface area contributed by atoms with Gasteiger partial charge in [0.2, 0.25) is 5.78 Å². The van der Waals surface area contributed by atoms with Crippen molar-refractivity contribution in [2.24, 2.45) is 0 Å². The average molecular weight is 453 g/mol. The Kier molecular flexibility index (Phi) is 7.01. The van der Waals surface area contributed by atoms with Crippen LogP contribution in [0.2, 0.25) is 0 Å². The molecule has 1 aliphatic rings. The van der Waals surface area contributed by atoms with Crippen LogP contribution >= 0.6 is 0 Å². The maximum absolute atomic E-state index is 12.8. The van der Waals surface area contributed by atoms with Gasteiger partial charge in [-0.25, -0.2) is 0 Å². The summed E-state index contributed by atoms with van der Waals surface area (Å²) >= 11 is 0. The average Bonchev–Trinajstić information content (AvgIpc) is 2.79. The molecule has 0 unspecified atom stereocenters. The van der Waals surface area contributed by atoms with Crippen LogP contribution in [0.25, 0.3) is 6.08 Å². The predicted octanol–water partition coefficient (Wildman–Crippen LogP) is 3.04. The Balaban J connectivity index is 1.87. The summed E-state index contributed by atoms with van der Waals surface area (Å²) in [6.07, 6.45) is 3.27. The molecule has 9 heteroatoms. The first kappa shape index (κ1) is 23.8. The zero-order chi connectivity index (χ0) is 24.2. The van der Waals surface area contributed by atoms with E-state index < -0.39 is 16.3 Å². The van der Waals surface area contributed by atoms with E-state index in [2.05, 4.69) is 11.8 Å². The first-order valence-corrected chi connectivity index (χ1v) is 9.98. The maximum atomic E-state index is 12.8. The summed E-state index contributed by atoms with van der Waals surface area (Å²) in [5.41, 5.74) is 0.189. The zero-order valence-corrected chi connectivity index (χ0v) is 18.4. The van der Waals surface area contributed by atoms with Crippen molar-refractivity contribution in [3.8, 4) is 29.1 Å². The van der Waals surface area contributed by atoms with Gasteiger partial charge in [-0.2, -0.15) is 0 Å². The molecule has 0 fully saturated rings. The van der Waals surface area contributed by atoms with Crippen LogP contribution in [0.1, 0.15) is 40.9 Å². The minimum Gasteiger partial charge on any atom is -0.492 e. The number of nitro groups is 1. The van der Waals surface area contributed by atoms with E-state index in [4.69, 9.17) is 14.2 Å². The molecular weight excluding hydrogens is 430 g/mol. The fourth-order valence-corrected chi connectivity index (χ4v) is 3.30. The summed E-state index contributed by atoms with van der Waals surface area (Å²) in [6, 6.07) is 5.92. The van der Waals surface area contributed by atoms with E-state index in [9.17, 15) is 25.1 Å². The lowest BCUT2D eigenvalue weighted by Crippen LogP contribution is -2.28. The molecule has 33 heavy (non-hydrogen) atoms. The lowest BCUT2D eigenvalue weighted by Gasteiger charge is -2.29. The maximum Gasteiger partial charge on any atom is 0.281 e. The van der Waals surface area contributed by atoms with Gasteiger partial charge < -0.3 is 24.4 Å². The highest BCUT2D eigenvalue weighted by Crippen LogP contribution is 2.45. The Hall–Kier alpha value is -3.87. The van der Waals surface area contributed by atoms with Crippen LogP contribution in [0, 0.1) is 22.0 Å². The van der Waals surface area contributed by atoms with Crippen molar-refractivity contribution in [1.29, 1.82) is 0 Å². The number of aliphatic hydroxyl groups is 2. The Labute approximate surface area is 190 Å². The normalized spacial score (nSPS) is 13.2. The Bertz CT molecular complexity index is 1190. The van der Waals surface area contributed by atoms with E-state index in [1.807, 2.05) is 0 Å². The van der Waals surface area contributed by atoms with Gasteiger partial charge in [-0.1, -0.05) is 12.0 Å². The molecule has 0 atom stereocenters. The predicted molar refractivity (Wildman–Crippen MR) is 119 cm³/mol. The van der Waals surface area contributed by atoms with E-state index in [0.29, 0.717) is 16.9 Å². The van der Waals surface area contributed by atoms with E-state index >= 15 is 0 Å². The topological polar surface area (TPSA) is 128 Å². The van der Waals surface area contributed by atoms with Gasteiger partial charge in [-0.05, 0) is 55.2 Å². The second kappa shape index (κ2) is 9.73. The number of Topliss-reactive ketones (excluding diaryl/α,β-unsaturated/α-hetero) is 1. The number of hydrogen-bond donors (Lipinski definition) is 2. The highest BCUT2D eigenvalue weighted by molar-refractivity contribution is 6.12. The van der Waals surface area contributed by atoms with Crippen molar-refractivity contribution in [1.82, 2.24) is 0 Å². The summed E-state index contributed by atoms with van der Waals surface area (Å²) < 4.78 is 16.7. The first-order valence-electron chi connectivity index (χ1n) is 9.98. The number of nitrogens with zero attached hydrogens (tertiary/aromatic N) is 1. The smallest absolute Gasteiger partial charge is 0.281 e. The van der Waals surface area contributed by atoms with Gasteiger partial charge in [0.25, 0.3) is 5.69 Å². The van der Waals surface area contributed by atoms with Gasteiger partial charge in [0.1, 0.15) is 18.0 Å². The second-order valence-electron chi connectivity index (χ2n) is 7.68. The number of methoxy groups -OCH3 is 1. The molecule has 2 aromatic carbocycles. The summed E-state index contributed by atoms with van der Waals surface area (Å²) in [5.74, 6) is 4.89. The summed E-state index contributed by atoms with van der Waals surface area (Å²) in [6.45, 7) is 2.94.